The van der Waals surface area contributed by atoms with Crippen molar-refractivity contribution < 1.29 is 13.9 Å². The first-order valence-electron chi connectivity index (χ1n) is 7.23. The molecule has 2 aromatic rings. The van der Waals surface area contributed by atoms with Crippen molar-refractivity contribution in [2.24, 2.45) is 0 Å². The maximum atomic E-state index is 13.8. The number of hydrogen-bond acceptors (Lipinski definition) is 5. The highest BCUT2D eigenvalue weighted by atomic mass is 19.1. The summed E-state index contributed by atoms with van der Waals surface area (Å²) in [4.78, 5) is 2.14. The first-order chi connectivity index (χ1) is 10.3. The Kier molecular flexibility index (Phi) is 4.26. The highest BCUT2D eigenvalue weighted by molar-refractivity contribution is 5.53. The number of β-amino-alcohol motifs (C(OH)–C–C–N with tert-alkyl or cyclic N) is 1. The number of likely N-dealkylation sites (tertiary alicyclic amines) is 1. The van der Waals surface area contributed by atoms with Crippen LogP contribution in [-0.4, -0.2) is 39.9 Å². The van der Waals surface area contributed by atoms with Gasteiger partial charge in [0.1, 0.15) is 5.82 Å². The van der Waals surface area contributed by atoms with E-state index in [1.165, 1.54) is 6.07 Å². The van der Waals surface area contributed by atoms with E-state index in [1.807, 2.05) is 0 Å². The monoisotopic (exact) mass is 291 g/mol. The van der Waals surface area contributed by atoms with Gasteiger partial charge in [-0.2, -0.15) is 0 Å². The van der Waals surface area contributed by atoms with E-state index in [2.05, 4.69) is 15.1 Å². The summed E-state index contributed by atoms with van der Waals surface area (Å²) in [7, 11) is 0. The summed E-state index contributed by atoms with van der Waals surface area (Å²) < 4.78 is 19.4. The molecule has 0 bridgehead atoms. The maximum absolute atomic E-state index is 13.8. The van der Waals surface area contributed by atoms with Crippen molar-refractivity contribution in [2.75, 3.05) is 19.7 Å². The fourth-order valence-corrected chi connectivity index (χ4v) is 2.78. The minimum atomic E-state index is -0.372. The Morgan fingerprint density at radius 2 is 2.14 bits per heavy atom. The Morgan fingerprint density at radius 1 is 1.29 bits per heavy atom. The lowest BCUT2D eigenvalue weighted by Crippen LogP contribution is -2.35. The molecule has 0 aliphatic carbocycles. The van der Waals surface area contributed by atoms with Gasteiger partial charge in [0, 0.05) is 6.54 Å². The molecule has 0 unspecified atom stereocenters. The fourth-order valence-electron chi connectivity index (χ4n) is 2.78. The van der Waals surface area contributed by atoms with Crippen molar-refractivity contribution >= 4 is 0 Å². The van der Waals surface area contributed by atoms with Gasteiger partial charge in [-0.15, -0.1) is 10.2 Å². The first kappa shape index (κ1) is 14.2. The van der Waals surface area contributed by atoms with Crippen LogP contribution in [0.5, 0.6) is 0 Å². The van der Waals surface area contributed by atoms with Gasteiger partial charge in [-0.25, -0.2) is 4.39 Å². The minimum absolute atomic E-state index is 0.0129. The molecule has 1 aliphatic rings. The third kappa shape index (κ3) is 2.96. The summed E-state index contributed by atoms with van der Waals surface area (Å²) in [5.74, 6) is 0.336. The second-order valence-electron chi connectivity index (χ2n) is 5.20. The Labute approximate surface area is 122 Å². The zero-order valence-corrected chi connectivity index (χ0v) is 11.7. The predicted molar refractivity (Wildman–Crippen MR) is 74.9 cm³/mol. The van der Waals surface area contributed by atoms with Crippen LogP contribution in [0.25, 0.3) is 11.5 Å². The van der Waals surface area contributed by atoms with E-state index in [-0.39, 0.29) is 24.4 Å². The molecular formula is C15H18FN3O2. The van der Waals surface area contributed by atoms with Crippen LogP contribution in [-0.2, 0) is 0 Å². The molecule has 1 aromatic heterocycles. The van der Waals surface area contributed by atoms with Crippen LogP contribution in [0.15, 0.2) is 28.7 Å². The predicted octanol–water partition coefficient (Wildman–Crippen LogP) is 2.40. The summed E-state index contributed by atoms with van der Waals surface area (Å²) >= 11 is 0. The highest BCUT2D eigenvalue weighted by Gasteiger charge is 2.28. The standard InChI is InChI=1S/C15H18FN3O2/c16-12-6-2-1-5-11(12)14-17-18-15(21-14)13-7-3-4-8-19(13)9-10-20/h1-2,5-6,13,20H,3-4,7-10H2/t13-/m1/s1. The van der Waals surface area contributed by atoms with Crippen molar-refractivity contribution in [3.05, 3.63) is 36.0 Å². The van der Waals surface area contributed by atoms with Gasteiger partial charge in [0.05, 0.1) is 18.2 Å². The van der Waals surface area contributed by atoms with E-state index in [0.29, 0.717) is 18.0 Å². The van der Waals surface area contributed by atoms with Crippen molar-refractivity contribution in [1.29, 1.82) is 0 Å². The molecule has 0 radical (unpaired) electrons. The SMILES string of the molecule is OCCN1CCCC[C@@H]1c1nnc(-c2ccccc2F)o1. The van der Waals surface area contributed by atoms with Crippen LogP contribution in [0.4, 0.5) is 4.39 Å². The summed E-state index contributed by atoms with van der Waals surface area (Å²) in [6, 6.07) is 6.37. The quantitative estimate of drug-likeness (QED) is 0.937. The van der Waals surface area contributed by atoms with Gasteiger partial charge in [-0.1, -0.05) is 18.6 Å². The molecular weight excluding hydrogens is 273 g/mol. The lowest BCUT2D eigenvalue weighted by molar-refractivity contribution is 0.100. The fraction of sp³-hybridized carbons (Fsp3) is 0.467. The summed E-state index contributed by atoms with van der Waals surface area (Å²) in [6.45, 7) is 1.59. The molecule has 112 valence electrons. The Hall–Kier alpha value is -1.79. The Balaban J connectivity index is 1.85. The minimum Gasteiger partial charge on any atom is -0.419 e. The van der Waals surface area contributed by atoms with Crippen LogP contribution >= 0.6 is 0 Å². The number of halogens is 1. The van der Waals surface area contributed by atoms with Crippen LogP contribution in [0.3, 0.4) is 0 Å². The Bertz CT molecular complexity index is 600. The zero-order valence-electron chi connectivity index (χ0n) is 11.7. The lowest BCUT2D eigenvalue weighted by Gasteiger charge is -2.32. The second-order valence-corrected chi connectivity index (χ2v) is 5.20. The normalized spacial score (nSPS) is 19.8. The number of nitrogens with zero attached hydrogens (tertiary/aromatic N) is 3. The molecule has 0 saturated carbocycles. The van der Waals surface area contributed by atoms with Gasteiger partial charge < -0.3 is 9.52 Å². The summed E-state index contributed by atoms with van der Waals surface area (Å²) in [5, 5.41) is 17.2. The molecule has 21 heavy (non-hydrogen) atoms. The third-order valence-electron chi connectivity index (χ3n) is 3.83. The average Bonchev–Trinajstić information content (AvgIpc) is 2.98. The molecule has 1 N–H and O–H groups in total. The number of piperidine rings is 1. The number of aromatic nitrogens is 2. The molecule has 1 aromatic carbocycles. The van der Waals surface area contributed by atoms with E-state index < -0.39 is 0 Å². The van der Waals surface area contributed by atoms with E-state index >= 15 is 0 Å². The molecule has 2 heterocycles. The van der Waals surface area contributed by atoms with Crippen molar-refractivity contribution in [1.82, 2.24) is 15.1 Å². The third-order valence-corrected chi connectivity index (χ3v) is 3.83. The molecule has 1 saturated heterocycles. The molecule has 1 aliphatic heterocycles. The van der Waals surface area contributed by atoms with E-state index in [9.17, 15) is 4.39 Å². The van der Waals surface area contributed by atoms with Crippen LogP contribution in [0, 0.1) is 5.82 Å². The van der Waals surface area contributed by atoms with Crippen LogP contribution in [0.1, 0.15) is 31.2 Å². The Morgan fingerprint density at radius 3 is 2.95 bits per heavy atom. The van der Waals surface area contributed by atoms with Gasteiger partial charge in [-0.05, 0) is 31.5 Å². The lowest BCUT2D eigenvalue weighted by atomic mass is 10.0. The molecule has 0 amide bonds. The summed E-state index contributed by atoms with van der Waals surface area (Å²) in [5.41, 5.74) is 0.320. The maximum Gasteiger partial charge on any atom is 0.250 e. The van der Waals surface area contributed by atoms with E-state index in [0.717, 1.165) is 25.8 Å². The number of hydrogen-bond donors (Lipinski definition) is 1. The highest BCUT2D eigenvalue weighted by Crippen LogP contribution is 2.31. The van der Waals surface area contributed by atoms with Crippen molar-refractivity contribution in [3.63, 3.8) is 0 Å². The summed E-state index contributed by atoms with van der Waals surface area (Å²) in [6.07, 6.45) is 3.10. The molecule has 0 spiro atoms. The zero-order chi connectivity index (χ0) is 14.7. The van der Waals surface area contributed by atoms with Crippen LogP contribution < -0.4 is 0 Å². The molecule has 1 fully saturated rings. The first-order valence-corrected chi connectivity index (χ1v) is 7.23. The molecule has 3 rings (SSSR count). The number of aliphatic hydroxyl groups excluding tert-OH is 1. The number of rotatable bonds is 4. The topological polar surface area (TPSA) is 62.4 Å². The van der Waals surface area contributed by atoms with Gasteiger partial charge in [0.15, 0.2) is 0 Å². The van der Waals surface area contributed by atoms with Crippen molar-refractivity contribution in [3.8, 4) is 11.5 Å². The van der Waals surface area contributed by atoms with E-state index in [1.54, 1.807) is 18.2 Å². The molecule has 5 nitrogen and oxygen atoms in total. The smallest absolute Gasteiger partial charge is 0.250 e. The molecule has 1 atom stereocenters. The van der Waals surface area contributed by atoms with Gasteiger partial charge >= 0.3 is 0 Å². The number of aliphatic hydroxyl groups is 1. The van der Waals surface area contributed by atoms with Crippen molar-refractivity contribution in [2.45, 2.75) is 25.3 Å². The number of benzene rings is 1. The molecule has 6 heteroatoms. The average molecular weight is 291 g/mol. The second kappa shape index (κ2) is 6.32. The van der Waals surface area contributed by atoms with Gasteiger partial charge in [0.2, 0.25) is 5.89 Å². The van der Waals surface area contributed by atoms with Gasteiger partial charge in [-0.3, -0.25) is 4.90 Å². The van der Waals surface area contributed by atoms with E-state index in [4.69, 9.17) is 9.52 Å². The van der Waals surface area contributed by atoms with Gasteiger partial charge in [0.25, 0.3) is 5.89 Å². The largest absolute Gasteiger partial charge is 0.419 e. The van der Waals surface area contributed by atoms with Crippen LogP contribution in [0.2, 0.25) is 0 Å².